The number of benzene rings is 1. The van der Waals surface area contributed by atoms with Crippen LogP contribution in [0.5, 0.6) is 0 Å². The number of hydrazine groups is 1. The van der Waals surface area contributed by atoms with Crippen molar-refractivity contribution >= 4 is 12.0 Å². The molecule has 0 aliphatic heterocycles. The van der Waals surface area contributed by atoms with Crippen LogP contribution in [0.2, 0.25) is 0 Å². The van der Waals surface area contributed by atoms with Gasteiger partial charge >= 0.3 is 12.0 Å². The van der Waals surface area contributed by atoms with Gasteiger partial charge in [0.05, 0.1) is 11.6 Å². The zero-order chi connectivity index (χ0) is 12.1. The standard InChI is InChI=1S/C10H13N3O3/c1-6(12-10(16)13-11)7-2-4-8(5-3-7)9(14)15/h2-6H,11H2,1H3,(H,14,15)(H2,12,13,16). The molecule has 0 aromatic heterocycles. The minimum Gasteiger partial charge on any atom is -0.478 e. The van der Waals surface area contributed by atoms with Gasteiger partial charge in [-0.1, -0.05) is 12.1 Å². The van der Waals surface area contributed by atoms with Crippen molar-refractivity contribution in [1.82, 2.24) is 10.7 Å². The molecule has 0 saturated heterocycles. The molecule has 1 aromatic rings. The summed E-state index contributed by atoms with van der Waals surface area (Å²) in [5.41, 5.74) is 2.96. The Morgan fingerprint density at radius 2 is 1.88 bits per heavy atom. The lowest BCUT2D eigenvalue weighted by molar-refractivity contribution is 0.0697. The molecular formula is C10H13N3O3. The molecule has 6 heteroatoms. The molecule has 1 rings (SSSR count). The van der Waals surface area contributed by atoms with E-state index in [4.69, 9.17) is 10.9 Å². The van der Waals surface area contributed by atoms with Crippen molar-refractivity contribution in [3.63, 3.8) is 0 Å². The molecule has 0 bridgehead atoms. The van der Waals surface area contributed by atoms with E-state index in [1.807, 2.05) is 5.43 Å². The summed E-state index contributed by atoms with van der Waals surface area (Å²) in [4.78, 5) is 21.5. The summed E-state index contributed by atoms with van der Waals surface area (Å²) in [7, 11) is 0. The van der Waals surface area contributed by atoms with Crippen LogP contribution in [0, 0.1) is 0 Å². The molecule has 0 aliphatic carbocycles. The van der Waals surface area contributed by atoms with E-state index in [0.717, 1.165) is 5.56 Å². The Labute approximate surface area is 92.4 Å². The third kappa shape index (κ3) is 2.96. The van der Waals surface area contributed by atoms with Gasteiger partial charge in [0.1, 0.15) is 0 Å². The van der Waals surface area contributed by atoms with Gasteiger partial charge in [0.15, 0.2) is 0 Å². The molecule has 16 heavy (non-hydrogen) atoms. The maximum atomic E-state index is 10.9. The second-order valence-electron chi connectivity index (χ2n) is 3.27. The SMILES string of the molecule is CC(NC(=O)NN)c1ccc(C(=O)O)cc1. The van der Waals surface area contributed by atoms with Gasteiger partial charge in [-0.05, 0) is 24.6 Å². The largest absolute Gasteiger partial charge is 0.478 e. The first-order chi connectivity index (χ1) is 7.54. The molecule has 0 saturated carbocycles. The molecule has 2 amide bonds. The van der Waals surface area contributed by atoms with Crippen molar-refractivity contribution < 1.29 is 14.7 Å². The lowest BCUT2D eigenvalue weighted by Gasteiger charge is -2.13. The number of nitrogens with two attached hydrogens (primary N) is 1. The Kier molecular flexibility index (Phi) is 3.84. The lowest BCUT2D eigenvalue weighted by atomic mass is 10.1. The number of carbonyl (C=O) groups is 2. The van der Waals surface area contributed by atoms with Crippen LogP contribution in [0.4, 0.5) is 4.79 Å². The summed E-state index contributed by atoms with van der Waals surface area (Å²) >= 11 is 0. The van der Waals surface area contributed by atoms with E-state index in [0.29, 0.717) is 0 Å². The molecule has 86 valence electrons. The third-order valence-corrected chi connectivity index (χ3v) is 2.14. The van der Waals surface area contributed by atoms with E-state index >= 15 is 0 Å². The van der Waals surface area contributed by atoms with E-state index in [1.165, 1.54) is 12.1 Å². The predicted molar refractivity (Wildman–Crippen MR) is 57.7 cm³/mol. The average molecular weight is 223 g/mol. The van der Waals surface area contributed by atoms with Gasteiger partial charge in [-0.3, -0.25) is 5.43 Å². The first-order valence-corrected chi connectivity index (χ1v) is 4.65. The van der Waals surface area contributed by atoms with Crippen molar-refractivity contribution in [3.05, 3.63) is 35.4 Å². The fourth-order valence-electron chi connectivity index (χ4n) is 1.24. The highest BCUT2D eigenvalue weighted by molar-refractivity contribution is 5.87. The summed E-state index contributed by atoms with van der Waals surface area (Å²) in [6.07, 6.45) is 0. The van der Waals surface area contributed by atoms with Gasteiger partial charge in [-0.2, -0.15) is 0 Å². The van der Waals surface area contributed by atoms with E-state index in [2.05, 4.69) is 5.32 Å². The van der Waals surface area contributed by atoms with E-state index in [1.54, 1.807) is 19.1 Å². The summed E-state index contributed by atoms with van der Waals surface area (Å²) in [5, 5.41) is 11.3. The summed E-state index contributed by atoms with van der Waals surface area (Å²) in [5.74, 6) is 3.94. The number of hydrogen-bond donors (Lipinski definition) is 4. The van der Waals surface area contributed by atoms with Crippen molar-refractivity contribution in [2.24, 2.45) is 5.84 Å². The van der Waals surface area contributed by atoms with E-state index in [9.17, 15) is 9.59 Å². The lowest BCUT2D eigenvalue weighted by Crippen LogP contribution is -2.40. The molecule has 1 unspecified atom stereocenters. The Morgan fingerprint density at radius 3 is 2.31 bits per heavy atom. The number of hydrogen-bond acceptors (Lipinski definition) is 3. The number of carboxylic acid groups (broad SMARTS) is 1. The van der Waals surface area contributed by atoms with Crippen molar-refractivity contribution in [2.75, 3.05) is 0 Å². The maximum absolute atomic E-state index is 10.9. The first-order valence-electron chi connectivity index (χ1n) is 4.65. The number of amides is 2. The monoisotopic (exact) mass is 223 g/mol. The molecule has 1 atom stereocenters. The Morgan fingerprint density at radius 1 is 1.31 bits per heavy atom. The smallest absolute Gasteiger partial charge is 0.335 e. The van der Waals surface area contributed by atoms with Gasteiger partial charge in [-0.15, -0.1) is 0 Å². The Hall–Kier alpha value is -2.08. The van der Waals surface area contributed by atoms with Crippen LogP contribution in [0.1, 0.15) is 28.9 Å². The average Bonchev–Trinajstić information content (AvgIpc) is 2.28. The fraction of sp³-hybridized carbons (Fsp3) is 0.200. The molecule has 0 heterocycles. The number of urea groups is 1. The van der Waals surface area contributed by atoms with Crippen LogP contribution in [-0.2, 0) is 0 Å². The van der Waals surface area contributed by atoms with E-state index in [-0.39, 0.29) is 11.6 Å². The van der Waals surface area contributed by atoms with Crippen LogP contribution >= 0.6 is 0 Å². The molecule has 0 spiro atoms. The predicted octanol–water partition coefficient (Wildman–Crippen LogP) is 0.619. The number of carboxylic acids is 1. The van der Waals surface area contributed by atoms with E-state index < -0.39 is 12.0 Å². The number of rotatable bonds is 3. The summed E-state index contributed by atoms with van der Waals surface area (Å²) in [6.45, 7) is 1.77. The quantitative estimate of drug-likeness (QED) is 0.342. The summed E-state index contributed by atoms with van der Waals surface area (Å²) in [6, 6.07) is 5.52. The second-order valence-corrected chi connectivity index (χ2v) is 3.27. The van der Waals surface area contributed by atoms with Gasteiger partial charge in [0, 0.05) is 0 Å². The van der Waals surface area contributed by atoms with Crippen molar-refractivity contribution in [3.8, 4) is 0 Å². The van der Waals surface area contributed by atoms with Gasteiger partial charge in [-0.25, -0.2) is 15.4 Å². The van der Waals surface area contributed by atoms with Crippen LogP contribution in [0.15, 0.2) is 24.3 Å². The topological polar surface area (TPSA) is 104 Å². The molecule has 0 radical (unpaired) electrons. The van der Waals surface area contributed by atoms with Crippen LogP contribution < -0.4 is 16.6 Å². The molecule has 0 fully saturated rings. The number of aromatic carboxylic acids is 1. The Bertz CT molecular complexity index is 389. The highest BCUT2D eigenvalue weighted by atomic mass is 16.4. The highest BCUT2D eigenvalue weighted by Gasteiger charge is 2.09. The zero-order valence-corrected chi connectivity index (χ0v) is 8.73. The molecule has 5 N–H and O–H groups in total. The van der Waals surface area contributed by atoms with Gasteiger partial charge in [0.25, 0.3) is 0 Å². The van der Waals surface area contributed by atoms with Crippen molar-refractivity contribution in [2.45, 2.75) is 13.0 Å². The van der Waals surface area contributed by atoms with Crippen LogP contribution in [0.25, 0.3) is 0 Å². The normalized spacial score (nSPS) is 11.6. The summed E-state index contributed by atoms with van der Waals surface area (Å²) < 4.78 is 0. The fourth-order valence-corrected chi connectivity index (χ4v) is 1.24. The highest BCUT2D eigenvalue weighted by Crippen LogP contribution is 2.13. The number of carbonyl (C=O) groups excluding carboxylic acids is 1. The van der Waals surface area contributed by atoms with Gasteiger partial charge < -0.3 is 10.4 Å². The minimum absolute atomic E-state index is 0.208. The van der Waals surface area contributed by atoms with Crippen LogP contribution in [-0.4, -0.2) is 17.1 Å². The maximum Gasteiger partial charge on any atom is 0.335 e. The second kappa shape index (κ2) is 5.13. The molecule has 1 aromatic carbocycles. The van der Waals surface area contributed by atoms with Crippen LogP contribution in [0.3, 0.4) is 0 Å². The molecule has 0 aliphatic rings. The third-order valence-electron chi connectivity index (χ3n) is 2.14. The number of nitrogens with one attached hydrogen (secondary N) is 2. The van der Waals surface area contributed by atoms with Crippen molar-refractivity contribution in [1.29, 1.82) is 0 Å². The minimum atomic E-state index is -0.980. The molecular weight excluding hydrogens is 210 g/mol. The first kappa shape index (κ1) is 12.0. The Balaban J connectivity index is 2.73. The van der Waals surface area contributed by atoms with Gasteiger partial charge in [0.2, 0.25) is 0 Å². The zero-order valence-electron chi connectivity index (χ0n) is 8.73. The molecule has 6 nitrogen and oxygen atoms in total.